The number of H-pyrrole nitrogens is 1. The van der Waals surface area contributed by atoms with Gasteiger partial charge < -0.3 is 14.6 Å². The molecular formula is C23H25N5O5. The quantitative estimate of drug-likeness (QED) is 0.551. The molecule has 0 bridgehead atoms. The summed E-state index contributed by atoms with van der Waals surface area (Å²) >= 11 is 0. The van der Waals surface area contributed by atoms with Crippen molar-refractivity contribution in [3.8, 4) is 23.1 Å². The zero-order valence-corrected chi connectivity index (χ0v) is 18.4. The third-order valence-corrected chi connectivity index (χ3v) is 5.63. The summed E-state index contributed by atoms with van der Waals surface area (Å²) in [6, 6.07) is 8.67. The number of aromatic nitrogens is 3. The van der Waals surface area contributed by atoms with Crippen LogP contribution in [0.4, 0.5) is 0 Å². The van der Waals surface area contributed by atoms with Crippen molar-refractivity contribution in [3.05, 3.63) is 74.7 Å². The second-order valence-electron chi connectivity index (χ2n) is 7.58. The molecule has 0 aliphatic carbocycles. The van der Waals surface area contributed by atoms with E-state index < -0.39 is 17.1 Å². The van der Waals surface area contributed by atoms with Crippen LogP contribution in [0, 0.1) is 0 Å². The van der Waals surface area contributed by atoms with E-state index in [4.69, 9.17) is 9.47 Å². The van der Waals surface area contributed by atoms with Gasteiger partial charge in [-0.1, -0.05) is 6.07 Å². The molecule has 2 aromatic heterocycles. The number of nitrogens with zero attached hydrogens (tertiary/aromatic N) is 4. The Bertz CT molecular complexity index is 1270. The van der Waals surface area contributed by atoms with E-state index in [-0.39, 0.29) is 17.3 Å². The zero-order valence-electron chi connectivity index (χ0n) is 18.4. The van der Waals surface area contributed by atoms with E-state index in [1.165, 1.54) is 26.5 Å². The molecular weight excluding hydrogens is 426 g/mol. The minimum absolute atomic E-state index is 0.00862. The molecule has 10 heteroatoms. The van der Waals surface area contributed by atoms with Crippen LogP contribution >= 0.6 is 0 Å². The van der Waals surface area contributed by atoms with Crippen LogP contribution in [0.1, 0.15) is 36.4 Å². The van der Waals surface area contributed by atoms with Gasteiger partial charge in [-0.3, -0.25) is 19.8 Å². The van der Waals surface area contributed by atoms with E-state index in [9.17, 15) is 14.7 Å². The third kappa shape index (κ3) is 4.45. The maximum Gasteiger partial charge on any atom is 0.335 e. The number of hydrogen-bond acceptors (Lipinski definition) is 8. The number of ether oxygens (including phenoxy) is 2. The van der Waals surface area contributed by atoms with Crippen LogP contribution in [0.25, 0.3) is 5.69 Å². The average Bonchev–Trinajstić information content (AvgIpc) is 2.84. The molecule has 33 heavy (non-hydrogen) atoms. The van der Waals surface area contributed by atoms with Crippen LogP contribution < -0.4 is 20.7 Å². The van der Waals surface area contributed by atoms with Crippen molar-refractivity contribution < 1.29 is 14.6 Å². The normalized spacial score (nSPS) is 16.2. The first-order valence-electron chi connectivity index (χ1n) is 10.5. The Morgan fingerprint density at radius 1 is 1.21 bits per heavy atom. The molecule has 1 fully saturated rings. The number of nitrogens with one attached hydrogen (secondary N) is 1. The van der Waals surface area contributed by atoms with Crippen LogP contribution in [0.3, 0.4) is 0 Å². The van der Waals surface area contributed by atoms with Gasteiger partial charge in [-0.2, -0.15) is 5.10 Å². The maximum atomic E-state index is 12.6. The number of rotatable bonds is 6. The first-order valence-corrected chi connectivity index (χ1v) is 10.5. The molecule has 0 spiro atoms. The van der Waals surface area contributed by atoms with Crippen molar-refractivity contribution in [3.63, 3.8) is 0 Å². The lowest BCUT2D eigenvalue weighted by Crippen LogP contribution is -2.32. The summed E-state index contributed by atoms with van der Waals surface area (Å²) < 4.78 is 11.5. The topological polar surface area (TPSA) is 122 Å². The first-order chi connectivity index (χ1) is 16.0. The fraction of sp³-hybridized carbons (Fsp3) is 0.304. The molecule has 0 amide bonds. The number of piperidine rings is 1. The van der Waals surface area contributed by atoms with E-state index in [1.54, 1.807) is 24.5 Å². The summed E-state index contributed by atoms with van der Waals surface area (Å²) in [5.74, 6) is 0.218. The second-order valence-corrected chi connectivity index (χ2v) is 7.58. The Kier molecular flexibility index (Phi) is 6.43. The third-order valence-electron chi connectivity index (χ3n) is 5.63. The van der Waals surface area contributed by atoms with Crippen LogP contribution in [-0.4, -0.2) is 51.6 Å². The minimum atomic E-state index is -0.813. The average molecular weight is 451 g/mol. The minimum Gasteiger partial charge on any atom is -0.497 e. The van der Waals surface area contributed by atoms with Gasteiger partial charge in [-0.15, -0.1) is 0 Å². The van der Waals surface area contributed by atoms with E-state index in [1.807, 2.05) is 17.1 Å². The largest absolute Gasteiger partial charge is 0.497 e. The molecule has 2 N–H and O–H groups in total. The van der Waals surface area contributed by atoms with Gasteiger partial charge in [0.1, 0.15) is 17.1 Å². The van der Waals surface area contributed by atoms with Crippen molar-refractivity contribution >= 4 is 6.21 Å². The van der Waals surface area contributed by atoms with Crippen molar-refractivity contribution in [1.82, 2.24) is 19.5 Å². The molecule has 1 saturated heterocycles. The second kappa shape index (κ2) is 9.60. The molecule has 0 unspecified atom stereocenters. The highest BCUT2D eigenvalue weighted by Gasteiger charge is 2.23. The smallest absolute Gasteiger partial charge is 0.335 e. The van der Waals surface area contributed by atoms with Crippen LogP contribution in [-0.2, 0) is 0 Å². The summed E-state index contributed by atoms with van der Waals surface area (Å²) in [5.41, 5.74) is -0.452. The van der Waals surface area contributed by atoms with E-state index >= 15 is 0 Å². The van der Waals surface area contributed by atoms with Crippen molar-refractivity contribution in [2.75, 3.05) is 20.8 Å². The summed E-state index contributed by atoms with van der Waals surface area (Å²) in [5, 5.41) is 17.3. The van der Waals surface area contributed by atoms with E-state index in [0.717, 1.165) is 29.4 Å². The van der Waals surface area contributed by atoms with Gasteiger partial charge in [0.2, 0.25) is 5.88 Å². The maximum absolute atomic E-state index is 12.6. The highest BCUT2D eigenvalue weighted by molar-refractivity contribution is 5.82. The van der Waals surface area contributed by atoms with Crippen LogP contribution in [0.2, 0.25) is 0 Å². The Morgan fingerprint density at radius 2 is 2.06 bits per heavy atom. The molecule has 10 nitrogen and oxygen atoms in total. The van der Waals surface area contributed by atoms with Gasteiger partial charge in [0.15, 0.2) is 0 Å². The lowest BCUT2D eigenvalue weighted by atomic mass is 9.98. The van der Waals surface area contributed by atoms with Gasteiger partial charge >= 0.3 is 5.69 Å². The Labute approximate surface area is 189 Å². The summed E-state index contributed by atoms with van der Waals surface area (Å²) in [6.07, 6.45) is 7.71. The standard InChI is InChI=1S/C23H25N5O5/c1-32-16-8-9-20(33-2)19(12-16)28-22(30)17(21(29)26-23(28)31)14-25-27-11-4-3-7-18(27)15-6-5-10-24-13-15/h5-6,8-10,12-14,18,30H,3-4,7,11H2,1-2H3,(H,26,29,31)/t18-/m0/s1. The van der Waals surface area contributed by atoms with Crippen molar-refractivity contribution in [1.29, 1.82) is 0 Å². The molecule has 0 radical (unpaired) electrons. The Hall–Kier alpha value is -4.08. The number of aromatic amines is 1. The molecule has 1 aliphatic heterocycles. The Morgan fingerprint density at radius 3 is 2.79 bits per heavy atom. The number of methoxy groups -OCH3 is 2. The lowest BCUT2D eigenvalue weighted by Gasteiger charge is -2.33. The van der Waals surface area contributed by atoms with Crippen LogP contribution in [0.5, 0.6) is 17.4 Å². The van der Waals surface area contributed by atoms with E-state index in [2.05, 4.69) is 15.1 Å². The SMILES string of the molecule is COc1ccc(OC)c(-n2c(O)c(C=NN3CCCC[C@H]3c3cccnc3)c(=O)[nH]c2=O)c1. The highest BCUT2D eigenvalue weighted by Crippen LogP contribution is 2.31. The highest BCUT2D eigenvalue weighted by atomic mass is 16.5. The summed E-state index contributed by atoms with van der Waals surface area (Å²) in [6.45, 7) is 0.693. The fourth-order valence-electron chi connectivity index (χ4n) is 3.95. The first kappa shape index (κ1) is 22.1. The van der Waals surface area contributed by atoms with Gasteiger partial charge in [0, 0.05) is 25.0 Å². The molecule has 3 aromatic rings. The zero-order chi connectivity index (χ0) is 23.4. The number of pyridine rings is 1. The molecule has 1 aliphatic rings. The number of benzene rings is 1. The predicted molar refractivity (Wildman–Crippen MR) is 123 cm³/mol. The number of hydrogen-bond donors (Lipinski definition) is 2. The van der Waals surface area contributed by atoms with Gasteiger partial charge in [0.05, 0.1) is 32.2 Å². The van der Waals surface area contributed by atoms with Gasteiger partial charge in [-0.25, -0.2) is 9.36 Å². The van der Waals surface area contributed by atoms with Crippen LogP contribution in [0.15, 0.2) is 57.4 Å². The lowest BCUT2D eigenvalue weighted by molar-refractivity contribution is 0.156. The molecule has 3 heterocycles. The van der Waals surface area contributed by atoms with E-state index in [0.29, 0.717) is 18.0 Å². The van der Waals surface area contributed by atoms with Gasteiger partial charge in [-0.05, 0) is 43.0 Å². The number of hydrazone groups is 1. The number of aromatic hydroxyl groups is 1. The molecule has 1 aromatic carbocycles. The van der Waals surface area contributed by atoms with Gasteiger partial charge in [0.25, 0.3) is 5.56 Å². The summed E-state index contributed by atoms with van der Waals surface area (Å²) in [4.78, 5) is 31.6. The van der Waals surface area contributed by atoms with Crippen molar-refractivity contribution in [2.24, 2.45) is 5.10 Å². The van der Waals surface area contributed by atoms with Crippen molar-refractivity contribution in [2.45, 2.75) is 25.3 Å². The monoisotopic (exact) mass is 451 g/mol. The fourth-order valence-corrected chi connectivity index (χ4v) is 3.95. The molecule has 4 rings (SSSR count). The summed E-state index contributed by atoms with van der Waals surface area (Å²) in [7, 11) is 2.92. The Balaban J connectivity index is 1.76. The molecule has 0 saturated carbocycles. The molecule has 172 valence electrons. The molecule has 1 atom stereocenters. The predicted octanol–water partition coefficient (Wildman–Crippen LogP) is 2.20.